The molecule has 0 aliphatic heterocycles. The number of hydrogen-bond donors (Lipinski definition) is 2. The van der Waals surface area contributed by atoms with Gasteiger partial charge in [-0.3, -0.25) is 4.79 Å². The average Bonchev–Trinajstić information content (AvgIpc) is 2.67. The summed E-state index contributed by atoms with van der Waals surface area (Å²) >= 11 is 0. The van der Waals surface area contributed by atoms with Crippen molar-refractivity contribution in [3.63, 3.8) is 0 Å². The lowest BCUT2D eigenvalue weighted by Gasteiger charge is -2.17. The maximum absolute atomic E-state index is 12.5. The summed E-state index contributed by atoms with van der Waals surface area (Å²) in [5.74, 6) is 0.349. The van der Waals surface area contributed by atoms with E-state index in [1.54, 1.807) is 12.1 Å². The van der Waals surface area contributed by atoms with Gasteiger partial charge in [0.2, 0.25) is 10.0 Å². The van der Waals surface area contributed by atoms with Gasteiger partial charge in [-0.2, -0.15) is 0 Å². The van der Waals surface area contributed by atoms with Crippen LogP contribution in [0.2, 0.25) is 0 Å². The molecule has 0 aromatic heterocycles. The Morgan fingerprint density at radius 3 is 2.14 bits per heavy atom. The minimum atomic E-state index is -3.57. The topological polar surface area (TPSA) is 84.5 Å². The minimum absolute atomic E-state index is 0.145. The highest BCUT2D eigenvalue weighted by atomic mass is 32.2. The Balaban J connectivity index is 2.03. The van der Waals surface area contributed by atoms with Gasteiger partial charge in [-0.05, 0) is 63.1 Å². The highest BCUT2D eigenvalue weighted by Gasteiger charge is 2.20. The van der Waals surface area contributed by atoms with Crippen molar-refractivity contribution in [3.05, 3.63) is 54.1 Å². The summed E-state index contributed by atoms with van der Waals surface area (Å²) in [6.45, 7) is 7.57. The predicted octanol–water partition coefficient (Wildman–Crippen LogP) is 3.87. The third-order valence-corrected chi connectivity index (χ3v) is 5.97. The third kappa shape index (κ3) is 6.07. The number of aryl methyl sites for hydroxylation is 1. The lowest BCUT2D eigenvalue weighted by molar-refractivity contribution is -0.122. The predicted molar refractivity (Wildman–Crippen MR) is 111 cm³/mol. The molecule has 0 aliphatic carbocycles. The van der Waals surface area contributed by atoms with E-state index in [1.807, 2.05) is 52.0 Å². The van der Waals surface area contributed by atoms with E-state index in [1.165, 1.54) is 12.1 Å². The fourth-order valence-corrected chi connectivity index (χ4v) is 3.79. The van der Waals surface area contributed by atoms with Gasteiger partial charge in [0.25, 0.3) is 5.91 Å². The van der Waals surface area contributed by atoms with Crippen molar-refractivity contribution in [2.45, 2.75) is 57.6 Å². The summed E-state index contributed by atoms with van der Waals surface area (Å²) in [6.07, 6.45) is 0.566. The maximum atomic E-state index is 12.5. The molecular weight excluding hydrogens is 376 g/mol. The second kappa shape index (κ2) is 9.71. The fourth-order valence-electron chi connectivity index (χ4n) is 2.46. The van der Waals surface area contributed by atoms with E-state index in [9.17, 15) is 13.2 Å². The molecular formula is C21H28N2O4S. The SMILES string of the molecule is CCC(C)NS(=O)(=O)c1ccc(NC(=O)C(CC)Oc2ccc(C)cc2)cc1. The summed E-state index contributed by atoms with van der Waals surface area (Å²) in [7, 11) is -3.57. The van der Waals surface area contributed by atoms with Crippen LogP contribution >= 0.6 is 0 Å². The molecule has 0 radical (unpaired) electrons. The Kier molecular flexibility index (Phi) is 7.60. The molecule has 0 saturated carbocycles. The summed E-state index contributed by atoms with van der Waals surface area (Å²) in [5, 5.41) is 2.78. The van der Waals surface area contributed by atoms with Crippen LogP contribution in [0.15, 0.2) is 53.4 Å². The average molecular weight is 405 g/mol. The summed E-state index contributed by atoms with van der Waals surface area (Å²) in [6, 6.07) is 13.4. The van der Waals surface area contributed by atoms with Crippen LogP contribution in [0.3, 0.4) is 0 Å². The Morgan fingerprint density at radius 2 is 1.61 bits per heavy atom. The van der Waals surface area contributed by atoms with Crippen molar-refractivity contribution in [2.24, 2.45) is 0 Å². The van der Waals surface area contributed by atoms with Crippen LogP contribution in [-0.4, -0.2) is 26.5 Å². The zero-order valence-corrected chi connectivity index (χ0v) is 17.5. The van der Waals surface area contributed by atoms with Crippen molar-refractivity contribution in [3.8, 4) is 5.75 Å². The lowest BCUT2D eigenvalue weighted by atomic mass is 10.2. The van der Waals surface area contributed by atoms with Crippen LogP contribution in [0.1, 0.15) is 39.2 Å². The largest absolute Gasteiger partial charge is 0.481 e. The van der Waals surface area contributed by atoms with Crippen LogP contribution in [-0.2, 0) is 14.8 Å². The van der Waals surface area contributed by atoms with E-state index in [4.69, 9.17) is 4.74 Å². The molecule has 0 spiro atoms. The second-order valence-corrected chi connectivity index (χ2v) is 8.49. The number of nitrogens with one attached hydrogen (secondary N) is 2. The molecule has 0 heterocycles. The molecule has 0 fully saturated rings. The van der Waals surface area contributed by atoms with Gasteiger partial charge in [0, 0.05) is 11.7 Å². The van der Waals surface area contributed by atoms with Gasteiger partial charge in [-0.1, -0.05) is 31.5 Å². The number of ether oxygens (including phenoxy) is 1. The third-order valence-electron chi connectivity index (χ3n) is 4.36. The molecule has 2 N–H and O–H groups in total. The number of rotatable bonds is 9. The van der Waals surface area contributed by atoms with Gasteiger partial charge in [0.15, 0.2) is 6.10 Å². The summed E-state index contributed by atoms with van der Waals surface area (Å²) in [4.78, 5) is 12.7. The molecule has 28 heavy (non-hydrogen) atoms. The zero-order chi connectivity index (χ0) is 20.7. The van der Waals surface area contributed by atoms with E-state index in [2.05, 4.69) is 10.0 Å². The lowest BCUT2D eigenvalue weighted by Crippen LogP contribution is -2.32. The Labute approximate surface area is 167 Å². The normalized spacial score (nSPS) is 13.6. The first-order chi connectivity index (χ1) is 13.2. The van der Waals surface area contributed by atoms with E-state index in [-0.39, 0.29) is 16.8 Å². The number of benzene rings is 2. The Hall–Kier alpha value is -2.38. The second-order valence-electron chi connectivity index (χ2n) is 6.77. The van der Waals surface area contributed by atoms with E-state index in [0.717, 1.165) is 5.56 Å². The molecule has 2 aromatic rings. The highest BCUT2D eigenvalue weighted by Crippen LogP contribution is 2.18. The Bertz CT molecular complexity index is 878. The standard InChI is InChI=1S/C21H28N2O4S/c1-5-16(4)23-28(25,26)19-13-9-17(10-14-19)22-21(24)20(6-2)27-18-11-7-15(3)8-12-18/h7-14,16,20,23H,5-6H2,1-4H3,(H,22,24). The minimum Gasteiger partial charge on any atom is -0.481 e. The highest BCUT2D eigenvalue weighted by molar-refractivity contribution is 7.89. The number of anilines is 1. The van der Waals surface area contributed by atoms with Crippen molar-refractivity contribution in [2.75, 3.05) is 5.32 Å². The van der Waals surface area contributed by atoms with Gasteiger partial charge in [-0.25, -0.2) is 13.1 Å². The molecule has 2 unspecified atom stereocenters. The Morgan fingerprint density at radius 1 is 1.00 bits per heavy atom. The number of sulfonamides is 1. The summed E-state index contributed by atoms with van der Waals surface area (Å²) in [5.41, 5.74) is 1.63. The molecule has 0 aliphatic rings. The van der Waals surface area contributed by atoms with Gasteiger partial charge in [0.1, 0.15) is 5.75 Å². The molecule has 2 rings (SSSR count). The molecule has 0 bridgehead atoms. The molecule has 2 aromatic carbocycles. The van der Waals surface area contributed by atoms with E-state index in [0.29, 0.717) is 24.3 Å². The number of hydrogen-bond acceptors (Lipinski definition) is 4. The van der Waals surface area contributed by atoms with Crippen LogP contribution in [0.5, 0.6) is 5.75 Å². The molecule has 7 heteroatoms. The molecule has 152 valence electrons. The van der Waals surface area contributed by atoms with Crippen LogP contribution in [0, 0.1) is 6.92 Å². The van der Waals surface area contributed by atoms with Crippen molar-refractivity contribution in [1.29, 1.82) is 0 Å². The molecule has 6 nitrogen and oxygen atoms in total. The van der Waals surface area contributed by atoms with Crippen molar-refractivity contribution >= 4 is 21.6 Å². The van der Waals surface area contributed by atoms with Crippen LogP contribution < -0.4 is 14.8 Å². The first-order valence-electron chi connectivity index (χ1n) is 9.41. The molecule has 2 atom stereocenters. The monoisotopic (exact) mass is 404 g/mol. The fraction of sp³-hybridized carbons (Fsp3) is 0.381. The number of carbonyl (C=O) groups excluding carboxylic acids is 1. The van der Waals surface area contributed by atoms with Gasteiger partial charge >= 0.3 is 0 Å². The van der Waals surface area contributed by atoms with Gasteiger partial charge in [0.05, 0.1) is 4.90 Å². The first kappa shape index (κ1) is 21.9. The maximum Gasteiger partial charge on any atom is 0.265 e. The molecule has 1 amide bonds. The first-order valence-corrected chi connectivity index (χ1v) is 10.9. The summed E-state index contributed by atoms with van der Waals surface area (Å²) < 4.78 is 33.0. The van der Waals surface area contributed by atoms with Gasteiger partial charge < -0.3 is 10.1 Å². The smallest absolute Gasteiger partial charge is 0.265 e. The van der Waals surface area contributed by atoms with E-state index >= 15 is 0 Å². The van der Waals surface area contributed by atoms with Crippen LogP contribution in [0.25, 0.3) is 0 Å². The van der Waals surface area contributed by atoms with Crippen LogP contribution in [0.4, 0.5) is 5.69 Å². The zero-order valence-electron chi connectivity index (χ0n) is 16.7. The number of carbonyl (C=O) groups is 1. The van der Waals surface area contributed by atoms with Gasteiger partial charge in [-0.15, -0.1) is 0 Å². The number of amides is 1. The van der Waals surface area contributed by atoms with Crippen molar-refractivity contribution < 1.29 is 17.9 Å². The van der Waals surface area contributed by atoms with E-state index < -0.39 is 16.1 Å². The quantitative estimate of drug-likeness (QED) is 0.664. The molecule has 0 saturated heterocycles. The van der Waals surface area contributed by atoms with Crippen molar-refractivity contribution in [1.82, 2.24) is 4.72 Å².